The van der Waals surface area contributed by atoms with Crippen LogP contribution < -0.4 is 14.8 Å². The van der Waals surface area contributed by atoms with Gasteiger partial charge in [-0.2, -0.15) is 0 Å². The summed E-state index contributed by atoms with van der Waals surface area (Å²) in [5, 5.41) is 2.72. The van der Waals surface area contributed by atoms with Crippen LogP contribution in [0.5, 0.6) is 11.5 Å². The maximum absolute atomic E-state index is 13.6. The molecule has 0 heterocycles. The smallest absolute Gasteiger partial charge is 0.265 e. The minimum Gasteiger partial charge on any atom is -0.497 e. The van der Waals surface area contributed by atoms with Crippen molar-refractivity contribution < 1.29 is 18.7 Å². The monoisotopic (exact) mass is 323 g/mol. The summed E-state index contributed by atoms with van der Waals surface area (Å²) in [7, 11) is 1.56. The Morgan fingerprint density at radius 1 is 1.18 bits per heavy atom. The van der Waals surface area contributed by atoms with Gasteiger partial charge in [0.15, 0.2) is 6.10 Å². The molecule has 2 aromatic rings. The van der Waals surface area contributed by atoms with E-state index in [0.717, 1.165) is 6.07 Å². The summed E-state index contributed by atoms with van der Waals surface area (Å²) in [6.07, 6.45) is -0.788. The average molecular weight is 324 g/mol. The van der Waals surface area contributed by atoms with Crippen LogP contribution in [-0.2, 0) is 4.79 Å². The first-order chi connectivity index (χ1) is 10.5. The molecule has 0 aliphatic carbocycles. The second-order valence-electron chi connectivity index (χ2n) is 4.55. The lowest BCUT2D eigenvalue weighted by molar-refractivity contribution is -0.122. The van der Waals surface area contributed by atoms with E-state index in [1.54, 1.807) is 38.3 Å². The van der Waals surface area contributed by atoms with Crippen LogP contribution in [0.25, 0.3) is 0 Å². The van der Waals surface area contributed by atoms with Crippen molar-refractivity contribution in [1.29, 1.82) is 0 Å². The highest BCUT2D eigenvalue weighted by atomic mass is 35.5. The van der Waals surface area contributed by atoms with Crippen molar-refractivity contribution in [3.05, 3.63) is 53.3 Å². The fraction of sp³-hybridized carbons (Fsp3) is 0.188. The summed E-state index contributed by atoms with van der Waals surface area (Å²) in [5.41, 5.74) is 0.0552. The van der Waals surface area contributed by atoms with E-state index >= 15 is 0 Å². The van der Waals surface area contributed by atoms with Gasteiger partial charge in [-0.15, -0.1) is 0 Å². The largest absolute Gasteiger partial charge is 0.497 e. The van der Waals surface area contributed by atoms with Gasteiger partial charge in [-0.05, 0) is 49.4 Å². The molecule has 0 fully saturated rings. The van der Waals surface area contributed by atoms with Crippen LogP contribution in [-0.4, -0.2) is 19.1 Å². The summed E-state index contributed by atoms with van der Waals surface area (Å²) < 4.78 is 24.2. The van der Waals surface area contributed by atoms with E-state index in [9.17, 15) is 9.18 Å². The van der Waals surface area contributed by atoms with Gasteiger partial charge in [0.25, 0.3) is 5.91 Å². The van der Waals surface area contributed by atoms with Crippen LogP contribution in [0.2, 0.25) is 5.02 Å². The number of halogens is 2. The van der Waals surface area contributed by atoms with Gasteiger partial charge in [-0.25, -0.2) is 4.39 Å². The zero-order valence-electron chi connectivity index (χ0n) is 12.1. The van der Waals surface area contributed by atoms with Crippen molar-refractivity contribution in [1.82, 2.24) is 0 Å². The first-order valence-corrected chi connectivity index (χ1v) is 6.94. The number of rotatable bonds is 5. The third-order valence-corrected chi connectivity index (χ3v) is 3.17. The number of nitrogens with one attached hydrogen (secondary N) is 1. The summed E-state index contributed by atoms with van der Waals surface area (Å²) in [6, 6.07) is 10.8. The molecule has 2 rings (SSSR count). The Hall–Kier alpha value is -2.27. The SMILES string of the molecule is COc1ccc(OC(C)C(=O)Nc2ccc(Cl)cc2F)cc1. The summed E-state index contributed by atoms with van der Waals surface area (Å²) in [6.45, 7) is 1.58. The molecule has 1 N–H and O–H groups in total. The Bertz CT molecular complexity index is 661. The third kappa shape index (κ3) is 4.11. The van der Waals surface area contributed by atoms with Gasteiger partial charge in [0.05, 0.1) is 12.8 Å². The molecule has 0 spiro atoms. The highest BCUT2D eigenvalue weighted by molar-refractivity contribution is 6.30. The minimum atomic E-state index is -0.788. The predicted octanol–water partition coefficient (Wildman–Crippen LogP) is 3.89. The molecule has 4 nitrogen and oxygen atoms in total. The maximum atomic E-state index is 13.6. The van der Waals surface area contributed by atoms with Crippen molar-refractivity contribution in [2.75, 3.05) is 12.4 Å². The second kappa shape index (κ2) is 7.13. The molecule has 0 aliphatic rings. The molecule has 116 valence electrons. The van der Waals surface area contributed by atoms with Crippen LogP contribution in [0.3, 0.4) is 0 Å². The molecule has 0 aromatic heterocycles. The molecule has 0 saturated heterocycles. The zero-order valence-corrected chi connectivity index (χ0v) is 12.9. The highest BCUT2D eigenvalue weighted by Crippen LogP contribution is 2.21. The van der Waals surface area contributed by atoms with Gasteiger partial charge in [-0.3, -0.25) is 4.79 Å². The van der Waals surface area contributed by atoms with Gasteiger partial charge >= 0.3 is 0 Å². The first kappa shape index (κ1) is 16.1. The Morgan fingerprint density at radius 3 is 2.41 bits per heavy atom. The van der Waals surface area contributed by atoms with Crippen molar-refractivity contribution in [3.63, 3.8) is 0 Å². The van der Waals surface area contributed by atoms with E-state index < -0.39 is 17.8 Å². The van der Waals surface area contributed by atoms with E-state index in [1.165, 1.54) is 12.1 Å². The van der Waals surface area contributed by atoms with E-state index in [0.29, 0.717) is 11.5 Å². The fourth-order valence-corrected chi connectivity index (χ4v) is 1.90. The molecule has 2 aromatic carbocycles. The molecule has 0 aliphatic heterocycles. The number of hydrogen-bond acceptors (Lipinski definition) is 3. The lowest BCUT2D eigenvalue weighted by Gasteiger charge is -2.15. The van der Waals surface area contributed by atoms with Crippen molar-refractivity contribution >= 4 is 23.2 Å². The Kier molecular flexibility index (Phi) is 5.22. The molecule has 1 atom stereocenters. The topological polar surface area (TPSA) is 47.6 Å². The zero-order chi connectivity index (χ0) is 16.1. The lowest BCUT2D eigenvalue weighted by atomic mass is 10.2. The van der Waals surface area contributed by atoms with Gasteiger partial charge in [-0.1, -0.05) is 11.6 Å². The van der Waals surface area contributed by atoms with Crippen molar-refractivity contribution in [2.24, 2.45) is 0 Å². The lowest BCUT2D eigenvalue weighted by Crippen LogP contribution is -2.30. The van der Waals surface area contributed by atoms with E-state index in [1.807, 2.05) is 0 Å². The minimum absolute atomic E-state index is 0.0552. The van der Waals surface area contributed by atoms with E-state index in [4.69, 9.17) is 21.1 Å². The number of methoxy groups -OCH3 is 1. The first-order valence-electron chi connectivity index (χ1n) is 6.56. The average Bonchev–Trinajstić information content (AvgIpc) is 2.50. The standard InChI is InChI=1S/C16H15ClFNO3/c1-10(22-13-6-4-12(21-2)5-7-13)16(20)19-15-8-3-11(17)9-14(15)18/h3-10H,1-2H3,(H,19,20). The molecule has 6 heteroatoms. The van der Waals surface area contributed by atoms with Crippen LogP contribution in [0.1, 0.15) is 6.92 Å². The van der Waals surface area contributed by atoms with E-state index in [-0.39, 0.29) is 10.7 Å². The number of carbonyl (C=O) groups excluding carboxylic acids is 1. The number of anilines is 1. The number of benzene rings is 2. The molecule has 1 amide bonds. The van der Waals surface area contributed by atoms with Gasteiger partial charge in [0.2, 0.25) is 0 Å². The molecule has 0 radical (unpaired) electrons. The quantitative estimate of drug-likeness (QED) is 0.908. The van der Waals surface area contributed by atoms with Gasteiger partial charge in [0, 0.05) is 5.02 Å². The number of hydrogen-bond donors (Lipinski definition) is 1. The highest BCUT2D eigenvalue weighted by Gasteiger charge is 2.16. The summed E-state index contributed by atoms with van der Waals surface area (Å²) in [5.74, 6) is 0.141. The maximum Gasteiger partial charge on any atom is 0.265 e. The van der Waals surface area contributed by atoms with Gasteiger partial charge in [0.1, 0.15) is 17.3 Å². The van der Waals surface area contributed by atoms with E-state index in [2.05, 4.69) is 5.32 Å². The second-order valence-corrected chi connectivity index (χ2v) is 4.99. The van der Waals surface area contributed by atoms with Crippen LogP contribution in [0.4, 0.5) is 10.1 Å². The van der Waals surface area contributed by atoms with Crippen LogP contribution >= 0.6 is 11.6 Å². The Morgan fingerprint density at radius 2 is 1.82 bits per heavy atom. The summed E-state index contributed by atoms with van der Waals surface area (Å²) in [4.78, 5) is 12.0. The molecular weight excluding hydrogens is 309 g/mol. The van der Waals surface area contributed by atoms with Crippen molar-refractivity contribution in [2.45, 2.75) is 13.0 Å². The van der Waals surface area contributed by atoms with Crippen LogP contribution in [0, 0.1) is 5.82 Å². The molecule has 1 unspecified atom stereocenters. The van der Waals surface area contributed by atoms with Crippen molar-refractivity contribution in [3.8, 4) is 11.5 Å². The predicted molar refractivity (Wildman–Crippen MR) is 83.1 cm³/mol. The summed E-state index contributed by atoms with van der Waals surface area (Å²) >= 11 is 5.66. The van der Waals surface area contributed by atoms with Gasteiger partial charge < -0.3 is 14.8 Å². The Balaban J connectivity index is 1.99. The third-order valence-electron chi connectivity index (χ3n) is 2.93. The Labute approximate surface area is 132 Å². The molecular formula is C16H15ClFNO3. The fourth-order valence-electron chi connectivity index (χ4n) is 1.74. The number of ether oxygens (including phenoxy) is 2. The number of amides is 1. The van der Waals surface area contributed by atoms with Crippen LogP contribution in [0.15, 0.2) is 42.5 Å². The molecule has 22 heavy (non-hydrogen) atoms. The normalized spacial score (nSPS) is 11.6. The molecule has 0 bridgehead atoms. The number of carbonyl (C=O) groups is 1. The molecule has 0 saturated carbocycles.